The predicted molar refractivity (Wildman–Crippen MR) is 145 cm³/mol. The smallest absolute Gasteiger partial charge is 0.191 e. The molecule has 0 saturated heterocycles. The molecule has 0 radical (unpaired) electrons. The van der Waals surface area contributed by atoms with E-state index in [4.69, 9.17) is 9.73 Å². The van der Waals surface area contributed by atoms with E-state index in [0.29, 0.717) is 13.1 Å². The first-order valence-corrected chi connectivity index (χ1v) is 11.0. The molecule has 0 aliphatic carbocycles. The van der Waals surface area contributed by atoms with Crippen molar-refractivity contribution in [2.75, 3.05) is 34.3 Å². The summed E-state index contributed by atoms with van der Waals surface area (Å²) in [5, 5.41) is 11.2. The summed E-state index contributed by atoms with van der Waals surface area (Å²) in [6.07, 6.45) is 3.78. The standard InChI is InChI=1S/C25H34N6O.HI/c1-5-26-25(28-18-23(30(2)3)22-13-8-9-14-24(22)32-4)27-17-20-11-6-7-12-21(20)19-31-16-10-15-29-31;/h6-16,23H,5,17-19H2,1-4H3,(H2,26,27,28);1H. The Kier molecular flexibility index (Phi) is 11.2. The third-order valence-electron chi connectivity index (χ3n) is 5.35. The molecule has 0 fully saturated rings. The van der Waals surface area contributed by atoms with Crippen LogP contribution in [0.4, 0.5) is 0 Å². The summed E-state index contributed by atoms with van der Waals surface area (Å²) in [5.74, 6) is 1.69. The van der Waals surface area contributed by atoms with Gasteiger partial charge in [-0.3, -0.25) is 4.68 Å². The summed E-state index contributed by atoms with van der Waals surface area (Å²) in [4.78, 5) is 7.04. The van der Waals surface area contributed by atoms with Crippen LogP contribution in [0.25, 0.3) is 0 Å². The van der Waals surface area contributed by atoms with Gasteiger partial charge in [0.1, 0.15) is 5.75 Å². The number of para-hydroxylation sites is 1. The van der Waals surface area contributed by atoms with E-state index in [1.807, 2.05) is 35.1 Å². The second-order valence-electron chi connectivity index (χ2n) is 7.77. The molecule has 0 aliphatic rings. The second-order valence-corrected chi connectivity index (χ2v) is 7.77. The number of ether oxygens (including phenoxy) is 1. The Morgan fingerprint density at radius 1 is 1.06 bits per heavy atom. The summed E-state index contributed by atoms with van der Waals surface area (Å²) in [6.45, 7) is 4.90. The Morgan fingerprint density at radius 2 is 1.79 bits per heavy atom. The first kappa shape index (κ1) is 26.7. The number of guanidine groups is 1. The lowest BCUT2D eigenvalue weighted by atomic mass is 10.0. The molecule has 1 unspecified atom stereocenters. The van der Waals surface area contributed by atoms with Gasteiger partial charge in [0.2, 0.25) is 0 Å². The molecule has 178 valence electrons. The molecule has 0 aliphatic heterocycles. The van der Waals surface area contributed by atoms with Gasteiger partial charge in [0, 0.05) is 31.0 Å². The topological polar surface area (TPSA) is 66.7 Å². The molecule has 8 heteroatoms. The van der Waals surface area contributed by atoms with Crippen LogP contribution in [0.5, 0.6) is 5.75 Å². The van der Waals surface area contributed by atoms with E-state index in [-0.39, 0.29) is 30.0 Å². The molecule has 7 nitrogen and oxygen atoms in total. The SMILES string of the molecule is CCNC(=NCc1ccccc1Cn1cccn1)NCC(c1ccccc1OC)N(C)C.I. The number of benzene rings is 2. The van der Waals surface area contributed by atoms with Crippen LogP contribution in [0.2, 0.25) is 0 Å². The van der Waals surface area contributed by atoms with Gasteiger partial charge in [0.15, 0.2) is 5.96 Å². The number of nitrogens with one attached hydrogen (secondary N) is 2. The van der Waals surface area contributed by atoms with Crippen molar-refractivity contribution >= 4 is 29.9 Å². The molecule has 2 N–H and O–H groups in total. The van der Waals surface area contributed by atoms with E-state index < -0.39 is 0 Å². The van der Waals surface area contributed by atoms with Gasteiger partial charge < -0.3 is 20.3 Å². The Labute approximate surface area is 214 Å². The van der Waals surface area contributed by atoms with Crippen LogP contribution in [0.1, 0.15) is 29.7 Å². The lowest BCUT2D eigenvalue weighted by Crippen LogP contribution is -2.41. The first-order chi connectivity index (χ1) is 15.6. The fraction of sp³-hybridized carbons (Fsp3) is 0.360. The summed E-state index contributed by atoms with van der Waals surface area (Å²) < 4.78 is 7.52. The highest BCUT2D eigenvalue weighted by atomic mass is 127. The molecular formula is C25H35IN6O. The summed E-state index contributed by atoms with van der Waals surface area (Å²) in [6, 6.07) is 18.6. The predicted octanol–water partition coefficient (Wildman–Crippen LogP) is 3.92. The van der Waals surface area contributed by atoms with Crippen LogP contribution in [0, 0.1) is 0 Å². The van der Waals surface area contributed by atoms with Crippen molar-refractivity contribution in [1.82, 2.24) is 25.3 Å². The van der Waals surface area contributed by atoms with Crippen molar-refractivity contribution in [2.24, 2.45) is 4.99 Å². The molecule has 1 aromatic heterocycles. The Morgan fingerprint density at radius 3 is 2.45 bits per heavy atom. The maximum Gasteiger partial charge on any atom is 0.191 e. The molecule has 3 aromatic rings. The van der Waals surface area contributed by atoms with Crippen molar-refractivity contribution in [3.05, 3.63) is 83.7 Å². The normalized spacial score (nSPS) is 12.2. The number of hydrogen-bond donors (Lipinski definition) is 2. The van der Waals surface area contributed by atoms with E-state index in [1.165, 1.54) is 11.1 Å². The van der Waals surface area contributed by atoms with E-state index in [0.717, 1.165) is 30.4 Å². The van der Waals surface area contributed by atoms with Crippen molar-refractivity contribution < 1.29 is 4.74 Å². The molecule has 3 rings (SSSR count). The number of hydrogen-bond acceptors (Lipinski definition) is 4. The Bertz CT molecular complexity index is 990. The molecule has 1 heterocycles. The van der Waals surface area contributed by atoms with Gasteiger partial charge in [-0.25, -0.2) is 4.99 Å². The molecule has 0 saturated carbocycles. The highest BCUT2D eigenvalue weighted by Crippen LogP contribution is 2.27. The van der Waals surface area contributed by atoms with Gasteiger partial charge in [-0.15, -0.1) is 24.0 Å². The molecule has 1 atom stereocenters. The van der Waals surface area contributed by atoms with Crippen LogP contribution in [-0.2, 0) is 13.1 Å². The van der Waals surface area contributed by atoms with Crippen molar-refractivity contribution in [3.8, 4) is 5.75 Å². The van der Waals surface area contributed by atoms with Crippen LogP contribution in [-0.4, -0.2) is 54.9 Å². The van der Waals surface area contributed by atoms with Gasteiger partial charge in [0.25, 0.3) is 0 Å². The quantitative estimate of drug-likeness (QED) is 0.223. The maximum atomic E-state index is 5.58. The number of rotatable bonds is 10. The number of halogens is 1. The summed E-state index contributed by atoms with van der Waals surface area (Å²) in [5.41, 5.74) is 3.55. The van der Waals surface area contributed by atoms with Gasteiger partial charge in [-0.2, -0.15) is 5.10 Å². The molecule has 0 bridgehead atoms. The van der Waals surface area contributed by atoms with Crippen molar-refractivity contribution in [3.63, 3.8) is 0 Å². The minimum Gasteiger partial charge on any atom is -0.496 e. The van der Waals surface area contributed by atoms with Crippen molar-refractivity contribution in [2.45, 2.75) is 26.1 Å². The average molecular weight is 563 g/mol. The number of aromatic nitrogens is 2. The largest absolute Gasteiger partial charge is 0.496 e. The Balaban J connectivity index is 0.00000385. The third kappa shape index (κ3) is 7.75. The van der Waals surface area contributed by atoms with Crippen LogP contribution in [0.15, 0.2) is 72.0 Å². The van der Waals surface area contributed by atoms with E-state index in [1.54, 1.807) is 13.3 Å². The minimum absolute atomic E-state index is 0. The zero-order chi connectivity index (χ0) is 22.8. The third-order valence-corrected chi connectivity index (χ3v) is 5.35. The average Bonchev–Trinajstić information content (AvgIpc) is 3.31. The monoisotopic (exact) mass is 562 g/mol. The number of aliphatic imine (C=N–C) groups is 1. The maximum absolute atomic E-state index is 5.58. The number of nitrogens with zero attached hydrogens (tertiary/aromatic N) is 4. The second kappa shape index (κ2) is 13.8. The number of likely N-dealkylation sites (N-methyl/N-ethyl adjacent to an activating group) is 1. The lowest BCUT2D eigenvalue weighted by molar-refractivity contribution is 0.287. The fourth-order valence-electron chi connectivity index (χ4n) is 3.65. The summed E-state index contributed by atoms with van der Waals surface area (Å²) in [7, 11) is 5.87. The van der Waals surface area contributed by atoms with Gasteiger partial charge in [-0.05, 0) is 44.3 Å². The fourth-order valence-corrected chi connectivity index (χ4v) is 3.65. The van der Waals surface area contributed by atoms with Gasteiger partial charge in [-0.1, -0.05) is 42.5 Å². The molecular weight excluding hydrogens is 527 g/mol. The zero-order valence-electron chi connectivity index (χ0n) is 19.9. The van der Waals surface area contributed by atoms with Crippen LogP contribution in [0.3, 0.4) is 0 Å². The minimum atomic E-state index is 0. The highest BCUT2D eigenvalue weighted by Gasteiger charge is 2.18. The van der Waals surface area contributed by atoms with Crippen LogP contribution >= 0.6 is 24.0 Å². The van der Waals surface area contributed by atoms with E-state index in [2.05, 4.69) is 72.0 Å². The van der Waals surface area contributed by atoms with E-state index in [9.17, 15) is 0 Å². The summed E-state index contributed by atoms with van der Waals surface area (Å²) >= 11 is 0. The van der Waals surface area contributed by atoms with Gasteiger partial charge in [0.05, 0.1) is 26.2 Å². The first-order valence-electron chi connectivity index (χ1n) is 11.0. The number of methoxy groups -OCH3 is 1. The molecule has 0 spiro atoms. The molecule has 2 aromatic carbocycles. The van der Waals surface area contributed by atoms with Crippen molar-refractivity contribution in [1.29, 1.82) is 0 Å². The molecule has 33 heavy (non-hydrogen) atoms. The molecule has 0 amide bonds. The zero-order valence-corrected chi connectivity index (χ0v) is 22.2. The van der Waals surface area contributed by atoms with E-state index >= 15 is 0 Å². The Hall–Kier alpha value is -2.59. The highest BCUT2D eigenvalue weighted by molar-refractivity contribution is 14.0. The van der Waals surface area contributed by atoms with Crippen LogP contribution < -0.4 is 15.4 Å². The lowest BCUT2D eigenvalue weighted by Gasteiger charge is -2.27. The van der Waals surface area contributed by atoms with Gasteiger partial charge >= 0.3 is 0 Å².